The maximum absolute atomic E-state index is 13.4. The Morgan fingerprint density at radius 2 is 1.59 bits per heavy atom. The summed E-state index contributed by atoms with van der Waals surface area (Å²) in [6.07, 6.45) is -4.54. The van der Waals surface area contributed by atoms with Crippen LogP contribution in [0.3, 0.4) is 0 Å². The molecule has 0 aliphatic heterocycles. The zero-order valence-corrected chi connectivity index (χ0v) is 17.4. The molecule has 0 radical (unpaired) electrons. The minimum atomic E-state index is -4.54. The quantitative estimate of drug-likeness (QED) is 0.435. The molecule has 3 rings (SSSR count). The van der Waals surface area contributed by atoms with Crippen molar-refractivity contribution >= 4 is 46.4 Å². The molecule has 0 aliphatic carbocycles. The molecule has 0 fully saturated rings. The fraction of sp³-hybridized carbons (Fsp3) is 0.150. The number of alkyl halides is 3. The van der Waals surface area contributed by atoms with Crippen molar-refractivity contribution < 1.29 is 18.0 Å². The van der Waals surface area contributed by atoms with Gasteiger partial charge in [0.25, 0.3) is 5.91 Å². The van der Waals surface area contributed by atoms with Gasteiger partial charge in [0.2, 0.25) is 0 Å². The number of aromatic nitrogens is 1. The highest BCUT2D eigenvalue weighted by Gasteiger charge is 2.34. The molecule has 0 spiro atoms. The first-order valence-corrected chi connectivity index (χ1v) is 9.45. The molecule has 3 nitrogen and oxygen atoms in total. The topological polar surface area (TPSA) is 34.0 Å². The standard InChI is InChI=1S/C20H14Cl3F3N2O/c1-10-7-13(19(29)27-18-15(22)8-12(21)9-16(18)23)11(2)28(10)17-6-4-3-5-14(17)20(24,25)26/h3-9H,1-2H3,(H,27,29). The van der Waals surface area contributed by atoms with Gasteiger partial charge in [-0.1, -0.05) is 46.9 Å². The summed E-state index contributed by atoms with van der Waals surface area (Å²) in [6, 6.07) is 9.55. The van der Waals surface area contributed by atoms with Gasteiger partial charge in [0, 0.05) is 16.4 Å². The van der Waals surface area contributed by atoms with Crippen molar-refractivity contribution in [3.8, 4) is 5.69 Å². The predicted molar refractivity (Wildman–Crippen MR) is 110 cm³/mol. The van der Waals surface area contributed by atoms with Crippen LogP contribution >= 0.6 is 34.8 Å². The van der Waals surface area contributed by atoms with Crippen LogP contribution in [0.1, 0.15) is 27.3 Å². The van der Waals surface area contributed by atoms with Crippen molar-refractivity contribution in [2.45, 2.75) is 20.0 Å². The van der Waals surface area contributed by atoms with Crippen LogP contribution in [0.5, 0.6) is 0 Å². The average Bonchev–Trinajstić information content (AvgIpc) is 2.91. The fourth-order valence-electron chi connectivity index (χ4n) is 3.11. The Morgan fingerprint density at radius 3 is 2.17 bits per heavy atom. The summed E-state index contributed by atoms with van der Waals surface area (Å²) in [5.41, 5.74) is 0.328. The van der Waals surface area contributed by atoms with E-state index in [0.29, 0.717) is 16.4 Å². The van der Waals surface area contributed by atoms with Crippen molar-refractivity contribution in [3.63, 3.8) is 0 Å². The molecule has 1 heterocycles. The van der Waals surface area contributed by atoms with Crippen LogP contribution in [-0.4, -0.2) is 10.5 Å². The number of amides is 1. The first kappa shape index (κ1) is 21.6. The lowest BCUT2D eigenvalue weighted by molar-refractivity contribution is -0.137. The first-order chi connectivity index (χ1) is 13.5. The zero-order chi connectivity index (χ0) is 21.5. The van der Waals surface area contributed by atoms with E-state index < -0.39 is 17.6 Å². The number of para-hydroxylation sites is 1. The normalized spacial score (nSPS) is 11.6. The Hall–Kier alpha value is -2.15. The molecule has 0 saturated carbocycles. The highest BCUT2D eigenvalue weighted by molar-refractivity contribution is 6.42. The first-order valence-electron chi connectivity index (χ1n) is 8.32. The van der Waals surface area contributed by atoms with E-state index in [1.165, 1.54) is 41.0 Å². The maximum Gasteiger partial charge on any atom is 0.418 e. The van der Waals surface area contributed by atoms with E-state index in [0.717, 1.165) is 6.07 Å². The number of carbonyl (C=O) groups is 1. The zero-order valence-electron chi connectivity index (χ0n) is 15.2. The number of nitrogens with zero attached hydrogens (tertiary/aromatic N) is 1. The average molecular weight is 462 g/mol. The van der Waals surface area contributed by atoms with Crippen LogP contribution in [0.4, 0.5) is 18.9 Å². The van der Waals surface area contributed by atoms with Gasteiger partial charge in [-0.05, 0) is 44.2 Å². The highest BCUT2D eigenvalue weighted by Crippen LogP contribution is 2.37. The molecular formula is C20H14Cl3F3N2O. The van der Waals surface area contributed by atoms with Gasteiger partial charge in [-0.15, -0.1) is 0 Å². The van der Waals surface area contributed by atoms with Crippen LogP contribution in [-0.2, 0) is 6.18 Å². The molecule has 9 heteroatoms. The summed E-state index contributed by atoms with van der Waals surface area (Å²) in [5, 5.41) is 3.20. The van der Waals surface area contributed by atoms with Crippen LogP contribution in [0.25, 0.3) is 5.69 Å². The van der Waals surface area contributed by atoms with Crippen molar-refractivity contribution in [1.29, 1.82) is 0 Å². The van der Waals surface area contributed by atoms with E-state index in [4.69, 9.17) is 34.8 Å². The Morgan fingerprint density at radius 1 is 1.00 bits per heavy atom. The summed E-state index contributed by atoms with van der Waals surface area (Å²) >= 11 is 18.1. The number of aryl methyl sites for hydroxylation is 1. The Labute approximate surface area is 180 Å². The van der Waals surface area contributed by atoms with Crippen LogP contribution in [0.15, 0.2) is 42.5 Å². The van der Waals surface area contributed by atoms with Gasteiger partial charge >= 0.3 is 6.18 Å². The lowest BCUT2D eigenvalue weighted by Gasteiger charge is -2.17. The molecule has 0 atom stereocenters. The summed E-state index contributed by atoms with van der Waals surface area (Å²) in [6.45, 7) is 3.19. The molecule has 0 bridgehead atoms. The molecule has 3 aromatic rings. The van der Waals surface area contributed by atoms with E-state index in [-0.39, 0.29) is 27.0 Å². The van der Waals surface area contributed by atoms with Gasteiger partial charge < -0.3 is 9.88 Å². The lowest BCUT2D eigenvalue weighted by Crippen LogP contribution is -2.15. The second kappa shape index (κ2) is 7.94. The van der Waals surface area contributed by atoms with Crippen molar-refractivity contribution in [2.24, 2.45) is 0 Å². The van der Waals surface area contributed by atoms with Crippen LogP contribution < -0.4 is 5.32 Å². The largest absolute Gasteiger partial charge is 0.418 e. The summed E-state index contributed by atoms with van der Waals surface area (Å²) in [7, 11) is 0. The second-order valence-electron chi connectivity index (χ2n) is 6.33. The van der Waals surface area contributed by atoms with E-state index in [9.17, 15) is 18.0 Å². The highest BCUT2D eigenvalue weighted by atomic mass is 35.5. The van der Waals surface area contributed by atoms with Gasteiger partial charge in [0.05, 0.1) is 32.5 Å². The minimum absolute atomic E-state index is 0.0587. The van der Waals surface area contributed by atoms with Crippen molar-refractivity contribution in [3.05, 3.63) is 80.0 Å². The number of rotatable bonds is 3. The third kappa shape index (κ3) is 4.25. The number of nitrogens with one attached hydrogen (secondary N) is 1. The van der Waals surface area contributed by atoms with Gasteiger partial charge in [-0.2, -0.15) is 13.2 Å². The molecule has 0 unspecified atom stereocenters. The second-order valence-corrected chi connectivity index (χ2v) is 7.58. The van der Waals surface area contributed by atoms with Gasteiger partial charge in [0.15, 0.2) is 0 Å². The minimum Gasteiger partial charge on any atom is -0.319 e. The van der Waals surface area contributed by atoms with Crippen molar-refractivity contribution in [1.82, 2.24) is 4.57 Å². The third-order valence-corrected chi connectivity index (χ3v) is 5.19. The number of carbonyl (C=O) groups excluding carboxylic acids is 1. The Kier molecular flexibility index (Phi) is 5.90. The van der Waals surface area contributed by atoms with E-state index in [2.05, 4.69) is 5.32 Å². The molecule has 152 valence electrons. The summed E-state index contributed by atoms with van der Waals surface area (Å²) in [5.74, 6) is -0.556. The number of anilines is 1. The third-order valence-electron chi connectivity index (χ3n) is 4.37. The molecule has 2 aromatic carbocycles. The van der Waals surface area contributed by atoms with Gasteiger partial charge in [-0.25, -0.2) is 0 Å². The molecule has 1 amide bonds. The Bertz CT molecular complexity index is 1080. The van der Waals surface area contributed by atoms with E-state index in [1.54, 1.807) is 13.8 Å². The van der Waals surface area contributed by atoms with Gasteiger partial charge in [0.1, 0.15) is 0 Å². The number of benzene rings is 2. The van der Waals surface area contributed by atoms with Crippen molar-refractivity contribution in [2.75, 3.05) is 5.32 Å². The smallest absolute Gasteiger partial charge is 0.319 e. The maximum atomic E-state index is 13.4. The fourth-order valence-corrected chi connectivity index (χ4v) is 4.03. The van der Waals surface area contributed by atoms with Crippen LogP contribution in [0.2, 0.25) is 15.1 Å². The monoisotopic (exact) mass is 460 g/mol. The summed E-state index contributed by atoms with van der Waals surface area (Å²) < 4.78 is 41.7. The molecule has 29 heavy (non-hydrogen) atoms. The summed E-state index contributed by atoms with van der Waals surface area (Å²) in [4.78, 5) is 12.8. The van der Waals surface area contributed by atoms with Crippen LogP contribution in [0, 0.1) is 13.8 Å². The molecule has 1 N–H and O–H groups in total. The molecule has 0 aliphatic rings. The molecule has 0 saturated heterocycles. The van der Waals surface area contributed by atoms with E-state index in [1.807, 2.05) is 0 Å². The number of halogens is 6. The number of hydrogen-bond acceptors (Lipinski definition) is 1. The number of hydrogen-bond donors (Lipinski definition) is 1. The lowest BCUT2D eigenvalue weighted by atomic mass is 10.1. The Balaban J connectivity index is 2.05. The van der Waals surface area contributed by atoms with E-state index >= 15 is 0 Å². The SMILES string of the molecule is Cc1cc(C(=O)Nc2c(Cl)cc(Cl)cc2Cl)c(C)n1-c1ccccc1C(F)(F)F. The molecule has 1 aromatic heterocycles. The predicted octanol–water partition coefficient (Wildman–Crippen LogP) is 7.33. The van der Waals surface area contributed by atoms with Gasteiger partial charge in [-0.3, -0.25) is 4.79 Å². The molecular weight excluding hydrogens is 448 g/mol.